The smallest absolute Gasteiger partial charge is 0.358 e. The van der Waals surface area contributed by atoms with Crippen LogP contribution in [-0.4, -0.2) is 25.0 Å². The number of benzene rings is 1. The second-order valence-electron chi connectivity index (χ2n) is 4.32. The van der Waals surface area contributed by atoms with E-state index in [0.29, 0.717) is 5.88 Å². The van der Waals surface area contributed by atoms with Crippen molar-refractivity contribution in [2.45, 2.75) is 5.88 Å². The molecular weight excluding hydrogens is 278 g/mol. The molecule has 1 aliphatic heterocycles. The zero-order valence-electron chi connectivity index (χ0n) is 11.3. The third-order valence-electron chi connectivity index (χ3n) is 3.07. The number of nitrogens with one attached hydrogen (secondary N) is 1. The summed E-state index contributed by atoms with van der Waals surface area (Å²) in [4.78, 5) is 13.5. The molecule has 0 spiro atoms. The lowest BCUT2D eigenvalue weighted by Gasteiger charge is -2.29. The molecule has 0 saturated carbocycles. The molecular formula is C14H16ClN3O2. The Kier molecular flexibility index (Phi) is 4.20. The minimum Gasteiger partial charge on any atom is -0.464 e. The van der Waals surface area contributed by atoms with Crippen LogP contribution in [0.4, 0.5) is 0 Å². The quantitative estimate of drug-likeness (QED) is 0.654. The number of ether oxygens (including phenoxy) is 1. The van der Waals surface area contributed by atoms with Crippen LogP contribution in [0.2, 0.25) is 0 Å². The molecule has 0 bridgehead atoms. The van der Waals surface area contributed by atoms with E-state index in [9.17, 15) is 4.79 Å². The number of nitrogens with zero attached hydrogens (tertiary/aromatic N) is 1. The van der Waals surface area contributed by atoms with Crippen LogP contribution in [0.15, 0.2) is 42.0 Å². The van der Waals surface area contributed by atoms with Crippen LogP contribution in [0.1, 0.15) is 11.1 Å². The van der Waals surface area contributed by atoms with E-state index in [0.717, 1.165) is 16.8 Å². The SMILES string of the molecule is COC(=O)C1=C(N)NC=C(c2cccc(CCl)c2)N1C. The number of nitrogens with two attached hydrogens (primary N) is 1. The first-order valence-electron chi connectivity index (χ1n) is 6.02. The number of carbonyl (C=O) groups is 1. The predicted molar refractivity (Wildman–Crippen MR) is 78.1 cm³/mol. The van der Waals surface area contributed by atoms with Gasteiger partial charge in [-0.05, 0) is 17.2 Å². The first kappa shape index (κ1) is 14.3. The molecule has 1 aliphatic rings. The maximum Gasteiger partial charge on any atom is 0.358 e. The van der Waals surface area contributed by atoms with Crippen LogP contribution in [-0.2, 0) is 15.4 Å². The Labute approximate surface area is 122 Å². The summed E-state index contributed by atoms with van der Waals surface area (Å²) in [6.07, 6.45) is 1.75. The molecule has 0 amide bonds. The van der Waals surface area contributed by atoms with Crippen LogP contribution in [0.3, 0.4) is 0 Å². The van der Waals surface area contributed by atoms with Gasteiger partial charge in [0, 0.05) is 19.1 Å². The maximum absolute atomic E-state index is 11.8. The van der Waals surface area contributed by atoms with Crippen molar-refractivity contribution in [2.24, 2.45) is 5.73 Å². The molecule has 5 nitrogen and oxygen atoms in total. The largest absolute Gasteiger partial charge is 0.464 e. The number of hydrogen-bond acceptors (Lipinski definition) is 5. The molecule has 0 radical (unpaired) electrons. The van der Waals surface area contributed by atoms with Crippen molar-refractivity contribution in [3.05, 3.63) is 53.1 Å². The number of esters is 1. The summed E-state index contributed by atoms with van der Waals surface area (Å²) in [5.74, 6) is 0.202. The van der Waals surface area contributed by atoms with Crippen molar-refractivity contribution in [3.8, 4) is 0 Å². The van der Waals surface area contributed by atoms with Crippen LogP contribution in [0, 0.1) is 0 Å². The van der Waals surface area contributed by atoms with Crippen molar-refractivity contribution in [1.82, 2.24) is 10.2 Å². The summed E-state index contributed by atoms with van der Waals surface area (Å²) in [5, 5.41) is 2.88. The fourth-order valence-corrected chi connectivity index (χ4v) is 2.21. The monoisotopic (exact) mass is 293 g/mol. The number of carbonyl (C=O) groups excluding carboxylic acids is 1. The van der Waals surface area contributed by atoms with Crippen molar-refractivity contribution in [2.75, 3.05) is 14.2 Å². The van der Waals surface area contributed by atoms with Gasteiger partial charge in [0.1, 0.15) is 5.82 Å². The topological polar surface area (TPSA) is 67.6 Å². The second-order valence-corrected chi connectivity index (χ2v) is 4.59. The molecule has 0 aliphatic carbocycles. The molecule has 6 heteroatoms. The average Bonchev–Trinajstić information content (AvgIpc) is 2.47. The van der Waals surface area contributed by atoms with Crippen LogP contribution >= 0.6 is 11.6 Å². The lowest BCUT2D eigenvalue weighted by molar-refractivity contribution is -0.137. The molecule has 1 heterocycles. The minimum absolute atomic E-state index is 0.261. The van der Waals surface area contributed by atoms with Gasteiger partial charge in [-0.3, -0.25) is 0 Å². The minimum atomic E-state index is -0.489. The number of likely N-dealkylation sites (N-methyl/N-ethyl adjacent to an activating group) is 1. The van der Waals surface area contributed by atoms with Gasteiger partial charge < -0.3 is 20.7 Å². The molecule has 3 N–H and O–H groups in total. The van der Waals surface area contributed by atoms with Gasteiger partial charge in [-0.2, -0.15) is 0 Å². The second kappa shape index (κ2) is 5.88. The summed E-state index contributed by atoms with van der Waals surface area (Å²) in [6.45, 7) is 0. The number of hydrogen-bond donors (Lipinski definition) is 2. The molecule has 1 aromatic carbocycles. The van der Waals surface area contributed by atoms with Crippen LogP contribution in [0.5, 0.6) is 0 Å². The fraction of sp³-hybridized carbons (Fsp3) is 0.214. The Morgan fingerprint density at radius 2 is 2.25 bits per heavy atom. The van der Waals surface area contributed by atoms with Crippen LogP contribution < -0.4 is 11.1 Å². The summed E-state index contributed by atoms with van der Waals surface area (Å²) in [6, 6.07) is 7.77. The highest BCUT2D eigenvalue weighted by Gasteiger charge is 2.25. The fourth-order valence-electron chi connectivity index (χ4n) is 2.05. The number of alkyl halides is 1. The van der Waals surface area contributed by atoms with E-state index >= 15 is 0 Å². The predicted octanol–water partition coefficient (Wildman–Crippen LogP) is 1.56. The van der Waals surface area contributed by atoms with Gasteiger partial charge >= 0.3 is 5.97 Å². The van der Waals surface area contributed by atoms with Crippen LogP contribution in [0.25, 0.3) is 5.70 Å². The molecule has 1 aromatic rings. The zero-order chi connectivity index (χ0) is 14.7. The highest BCUT2D eigenvalue weighted by molar-refractivity contribution is 6.17. The molecule has 20 heavy (non-hydrogen) atoms. The Bertz CT molecular complexity index is 596. The van der Waals surface area contributed by atoms with E-state index in [1.165, 1.54) is 7.11 Å². The van der Waals surface area contributed by atoms with E-state index in [4.69, 9.17) is 22.1 Å². The lowest BCUT2D eigenvalue weighted by atomic mass is 10.1. The number of methoxy groups -OCH3 is 1. The van der Waals surface area contributed by atoms with E-state index in [1.807, 2.05) is 24.3 Å². The summed E-state index contributed by atoms with van der Waals surface area (Å²) >= 11 is 5.85. The summed E-state index contributed by atoms with van der Waals surface area (Å²) in [7, 11) is 3.09. The summed E-state index contributed by atoms with van der Waals surface area (Å²) in [5.41, 5.74) is 8.83. The van der Waals surface area contributed by atoms with Gasteiger partial charge in [0.25, 0.3) is 0 Å². The van der Waals surface area contributed by atoms with E-state index in [1.54, 1.807) is 18.1 Å². The Hall–Kier alpha value is -2.14. The number of rotatable bonds is 3. The van der Waals surface area contributed by atoms with Gasteiger partial charge in [-0.25, -0.2) is 4.79 Å². The van der Waals surface area contributed by atoms with Crippen molar-refractivity contribution < 1.29 is 9.53 Å². The molecule has 0 aromatic heterocycles. The zero-order valence-corrected chi connectivity index (χ0v) is 12.1. The Morgan fingerprint density at radius 3 is 2.90 bits per heavy atom. The third-order valence-corrected chi connectivity index (χ3v) is 3.38. The molecule has 2 rings (SSSR count). The molecule has 106 valence electrons. The van der Waals surface area contributed by atoms with Crippen molar-refractivity contribution >= 4 is 23.3 Å². The third kappa shape index (κ3) is 2.58. The molecule has 0 atom stereocenters. The lowest BCUT2D eigenvalue weighted by Crippen LogP contribution is -2.35. The Morgan fingerprint density at radius 1 is 1.50 bits per heavy atom. The van der Waals surface area contributed by atoms with E-state index < -0.39 is 5.97 Å². The molecule has 0 fully saturated rings. The molecule has 0 unspecified atom stereocenters. The Balaban J connectivity index is 2.37. The maximum atomic E-state index is 11.8. The standard InChI is InChI=1S/C14H16ClN3O2/c1-18-11(10-5-3-4-9(6-10)7-15)8-17-13(16)12(18)14(19)20-2/h3-6,8,17H,7,16H2,1-2H3. The number of halogens is 1. The highest BCUT2D eigenvalue weighted by Crippen LogP contribution is 2.26. The van der Waals surface area contributed by atoms with E-state index in [-0.39, 0.29) is 11.5 Å². The average molecular weight is 294 g/mol. The summed E-state index contributed by atoms with van der Waals surface area (Å²) < 4.78 is 4.75. The van der Waals surface area contributed by atoms with Crippen molar-refractivity contribution in [3.63, 3.8) is 0 Å². The normalized spacial score (nSPS) is 14.8. The highest BCUT2D eigenvalue weighted by atomic mass is 35.5. The first-order chi connectivity index (χ1) is 9.58. The van der Waals surface area contributed by atoms with Gasteiger partial charge in [-0.15, -0.1) is 11.6 Å². The van der Waals surface area contributed by atoms with Gasteiger partial charge in [0.15, 0.2) is 5.70 Å². The van der Waals surface area contributed by atoms with E-state index in [2.05, 4.69) is 5.32 Å². The van der Waals surface area contributed by atoms with Gasteiger partial charge in [0.2, 0.25) is 0 Å². The van der Waals surface area contributed by atoms with Gasteiger partial charge in [-0.1, -0.05) is 18.2 Å². The molecule has 0 saturated heterocycles. The first-order valence-corrected chi connectivity index (χ1v) is 6.55. The van der Waals surface area contributed by atoms with Gasteiger partial charge in [0.05, 0.1) is 12.8 Å². The van der Waals surface area contributed by atoms with Crippen molar-refractivity contribution in [1.29, 1.82) is 0 Å².